The number of thiophene rings is 1. The zero-order chi connectivity index (χ0) is 16.2. The van der Waals surface area contributed by atoms with Crippen molar-refractivity contribution in [3.8, 4) is 0 Å². The Labute approximate surface area is 167 Å². The third-order valence-corrected chi connectivity index (χ3v) is 4.76. The topological polar surface area (TPSA) is 53.7 Å². The van der Waals surface area contributed by atoms with E-state index < -0.39 is 0 Å². The Morgan fingerprint density at radius 1 is 1.25 bits per heavy atom. The van der Waals surface area contributed by atoms with Crippen molar-refractivity contribution in [3.05, 3.63) is 57.1 Å². The molecule has 0 saturated carbocycles. The van der Waals surface area contributed by atoms with Crippen molar-refractivity contribution in [1.82, 2.24) is 20.0 Å². The predicted octanol–water partition coefficient (Wildman–Crippen LogP) is 3.84. The summed E-state index contributed by atoms with van der Waals surface area (Å²) in [6, 6.07) is 5.86. The number of aliphatic imine (C=N–C) groups is 1. The molecule has 0 radical (unpaired) electrons. The minimum absolute atomic E-state index is 0. The van der Waals surface area contributed by atoms with E-state index in [1.165, 1.54) is 10.4 Å². The first-order valence-electron chi connectivity index (χ1n) is 7.26. The quantitative estimate of drug-likeness (QED) is 0.342. The molecule has 0 aliphatic heterocycles. The summed E-state index contributed by atoms with van der Waals surface area (Å²) in [6.07, 6.45) is 3.81. The second-order valence-electron chi connectivity index (χ2n) is 5.15. The molecular formula is C16H19ClIN5S. The van der Waals surface area contributed by atoms with Crippen molar-refractivity contribution >= 4 is 58.5 Å². The third kappa shape index (κ3) is 4.61. The van der Waals surface area contributed by atoms with Gasteiger partial charge in [0.1, 0.15) is 5.65 Å². The lowest BCUT2D eigenvalue weighted by Crippen LogP contribution is -2.36. The summed E-state index contributed by atoms with van der Waals surface area (Å²) < 4.78 is 1.92. The summed E-state index contributed by atoms with van der Waals surface area (Å²) in [5.41, 5.74) is 3.11. The number of aromatic nitrogens is 2. The van der Waals surface area contributed by atoms with Gasteiger partial charge in [0.15, 0.2) is 5.96 Å². The van der Waals surface area contributed by atoms with Crippen LogP contribution in [-0.4, -0.2) is 22.4 Å². The Bertz CT molecular complexity index is 842. The maximum atomic E-state index is 5.99. The van der Waals surface area contributed by atoms with Crippen molar-refractivity contribution < 1.29 is 0 Å². The molecule has 0 unspecified atom stereocenters. The first-order chi connectivity index (χ1) is 11.2. The molecule has 0 aliphatic carbocycles. The van der Waals surface area contributed by atoms with Gasteiger partial charge in [-0.05, 0) is 36.1 Å². The molecule has 0 amide bonds. The van der Waals surface area contributed by atoms with Gasteiger partial charge in [-0.1, -0.05) is 11.6 Å². The van der Waals surface area contributed by atoms with E-state index in [9.17, 15) is 0 Å². The third-order valence-electron chi connectivity index (χ3n) is 3.51. The second-order valence-corrected chi connectivity index (χ2v) is 6.59. The fourth-order valence-electron chi connectivity index (χ4n) is 2.25. The van der Waals surface area contributed by atoms with Gasteiger partial charge in [-0.3, -0.25) is 4.99 Å². The average molecular weight is 476 g/mol. The molecule has 0 aliphatic rings. The normalized spacial score (nSPS) is 11.4. The van der Waals surface area contributed by atoms with Gasteiger partial charge in [0.25, 0.3) is 0 Å². The van der Waals surface area contributed by atoms with E-state index in [-0.39, 0.29) is 24.0 Å². The van der Waals surface area contributed by atoms with Crippen LogP contribution in [0.4, 0.5) is 0 Å². The number of nitrogens with one attached hydrogen (secondary N) is 2. The predicted molar refractivity (Wildman–Crippen MR) is 112 cm³/mol. The van der Waals surface area contributed by atoms with Crippen molar-refractivity contribution in [1.29, 1.82) is 0 Å². The molecule has 3 rings (SSSR count). The van der Waals surface area contributed by atoms with Gasteiger partial charge >= 0.3 is 0 Å². The fraction of sp³-hybridized carbons (Fsp3) is 0.250. The summed E-state index contributed by atoms with van der Waals surface area (Å²) in [7, 11) is 1.76. The molecular weight excluding hydrogens is 457 g/mol. The van der Waals surface area contributed by atoms with Crippen LogP contribution in [-0.2, 0) is 13.1 Å². The van der Waals surface area contributed by atoms with Gasteiger partial charge in [-0.25, -0.2) is 4.98 Å². The number of nitrogens with zero attached hydrogens (tertiary/aromatic N) is 3. The average Bonchev–Trinajstić information content (AvgIpc) is 3.13. The van der Waals surface area contributed by atoms with Crippen LogP contribution in [0.5, 0.6) is 0 Å². The molecule has 0 atom stereocenters. The minimum Gasteiger partial charge on any atom is -0.352 e. The highest BCUT2D eigenvalue weighted by Crippen LogP contribution is 2.15. The Balaban J connectivity index is 0.00000208. The highest BCUT2D eigenvalue weighted by molar-refractivity contribution is 14.0. The first kappa shape index (κ1) is 19.0. The van der Waals surface area contributed by atoms with E-state index in [0.717, 1.165) is 23.8 Å². The zero-order valence-corrected chi connectivity index (χ0v) is 17.3. The number of hydrogen-bond donors (Lipinski definition) is 2. The molecule has 0 fully saturated rings. The fourth-order valence-corrected chi connectivity index (χ4v) is 3.26. The van der Waals surface area contributed by atoms with E-state index in [2.05, 4.69) is 39.0 Å². The Morgan fingerprint density at radius 3 is 2.75 bits per heavy atom. The SMILES string of the molecule is CN=C(NCc1cn2cc(Cl)ccc2n1)NCc1sccc1C.I. The Morgan fingerprint density at radius 2 is 2.04 bits per heavy atom. The van der Waals surface area contributed by atoms with Crippen LogP contribution in [0.2, 0.25) is 5.02 Å². The summed E-state index contributed by atoms with van der Waals surface area (Å²) in [5, 5.41) is 9.39. The van der Waals surface area contributed by atoms with Crippen LogP contribution in [0.25, 0.3) is 5.65 Å². The Kier molecular flexibility index (Phi) is 6.88. The number of imidazole rings is 1. The van der Waals surface area contributed by atoms with E-state index in [0.29, 0.717) is 11.6 Å². The van der Waals surface area contributed by atoms with Gasteiger partial charge in [0.05, 0.1) is 23.8 Å². The molecule has 3 aromatic rings. The number of guanidine groups is 1. The first-order valence-corrected chi connectivity index (χ1v) is 8.52. The van der Waals surface area contributed by atoms with E-state index in [1.54, 1.807) is 18.4 Å². The van der Waals surface area contributed by atoms with Crippen LogP contribution < -0.4 is 10.6 Å². The van der Waals surface area contributed by atoms with Crippen molar-refractivity contribution in [2.24, 2.45) is 4.99 Å². The summed E-state index contributed by atoms with van der Waals surface area (Å²) >= 11 is 7.74. The lowest BCUT2D eigenvalue weighted by Gasteiger charge is -2.10. The minimum atomic E-state index is 0. The Hall–Kier alpha value is -1.32. The van der Waals surface area contributed by atoms with Gasteiger partial charge in [0, 0.05) is 24.3 Å². The molecule has 2 N–H and O–H groups in total. The molecule has 0 saturated heterocycles. The summed E-state index contributed by atoms with van der Waals surface area (Å²) in [4.78, 5) is 10.1. The summed E-state index contributed by atoms with van der Waals surface area (Å²) in [6.45, 7) is 3.48. The highest BCUT2D eigenvalue weighted by Gasteiger charge is 2.05. The molecule has 0 aromatic carbocycles. The molecule has 5 nitrogen and oxygen atoms in total. The maximum absolute atomic E-state index is 5.99. The smallest absolute Gasteiger partial charge is 0.191 e. The number of halogens is 2. The number of aryl methyl sites for hydroxylation is 1. The van der Waals surface area contributed by atoms with E-state index in [1.807, 2.05) is 28.9 Å². The zero-order valence-electron chi connectivity index (χ0n) is 13.4. The van der Waals surface area contributed by atoms with Gasteiger partial charge < -0.3 is 15.0 Å². The van der Waals surface area contributed by atoms with E-state index >= 15 is 0 Å². The van der Waals surface area contributed by atoms with Crippen LogP contribution in [0.1, 0.15) is 16.1 Å². The van der Waals surface area contributed by atoms with Crippen molar-refractivity contribution in [2.75, 3.05) is 7.05 Å². The largest absolute Gasteiger partial charge is 0.352 e. The van der Waals surface area contributed by atoms with Gasteiger partial charge in [-0.15, -0.1) is 35.3 Å². The number of rotatable bonds is 4. The monoisotopic (exact) mass is 475 g/mol. The van der Waals surface area contributed by atoms with Crippen molar-refractivity contribution in [3.63, 3.8) is 0 Å². The number of hydrogen-bond acceptors (Lipinski definition) is 3. The second kappa shape index (κ2) is 8.68. The molecule has 128 valence electrons. The van der Waals surface area contributed by atoms with Crippen LogP contribution in [0, 0.1) is 6.92 Å². The lowest BCUT2D eigenvalue weighted by molar-refractivity contribution is 0.802. The number of fused-ring (bicyclic) bond motifs is 1. The molecule has 0 spiro atoms. The van der Waals surface area contributed by atoms with Crippen molar-refractivity contribution in [2.45, 2.75) is 20.0 Å². The number of pyridine rings is 1. The molecule has 3 heterocycles. The van der Waals surface area contributed by atoms with Crippen LogP contribution >= 0.6 is 46.9 Å². The maximum Gasteiger partial charge on any atom is 0.191 e. The molecule has 8 heteroatoms. The standard InChI is InChI=1S/C16H18ClN5S.HI/c1-11-5-6-23-14(11)8-20-16(18-2)19-7-13-10-22-9-12(17)3-4-15(22)21-13;/h3-6,9-10H,7-8H2,1-2H3,(H2,18,19,20);1H. The highest BCUT2D eigenvalue weighted by atomic mass is 127. The lowest BCUT2D eigenvalue weighted by atomic mass is 10.3. The van der Waals surface area contributed by atoms with Crippen LogP contribution in [0.15, 0.2) is 41.0 Å². The molecule has 0 bridgehead atoms. The molecule has 24 heavy (non-hydrogen) atoms. The van der Waals surface area contributed by atoms with E-state index in [4.69, 9.17) is 11.6 Å². The summed E-state index contributed by atoms with van der Waals surface area (Å²) in [5.74, 6) is 0.757. The van der Waals surface area contributed by atoms with Crippen LogP contribution in [0.3, 0.4) is 0 Å². The molecule has 3 aromatic heterocycles. The van der Waals surface area contributed by atoms with Gasteiger partial charge in [0.2, 0.25) is 0 Å². The van der Waals surface area contributed by atoms with Gasteiger partial charge in [-0.2, -0.15) is 0 Å².